The van der Waals surface area contributed by atoms with Crippen LogP contribution in [0.2, 0.25) is 0 Å². The molecule has 0 fully saturated rings. The van der Waals surface area contributed by atoms with Crippen molar-refractivity contribution in [2.24, 2.45) is 7.05 Å². The van der Waals surface area contributed by atoms with Crippen molar-refractivity contribution in [1.29, 1.82) is 0 Å². The van der Waals surface area contributed by atoms with Gasteiger partial charge in [0.1, 0.15) is 5.58 Å². The summed E-state index contributed by atoms with van der Waals surface area (Å²) in [6, 6.07) is 6.10. The van der Waals surface area contributed by atoms with E-state index >= 15 is 0 Å². The maximum absolute atomic E-state index is 12.6. The molecule has 0 unspecified atom stereocenters. The molecule has 8 heteroatoms. The lowest BCUT2D eigenvalue weighted by Gasteiger charge is -2.19. The molecule has 0 aliphatic heterocycles. The largest absolute Gasteiger partial charge is 0.423 e. The molecule has 1 aromatic carbocycles. The van der Waals surface area contributed by atoms with E-state index in [4.69, 9.17) is 9.15 Å². The number of carbonyl (C=O) groups is 1. The fraction of sp³-hybridized carbons (Fsp3) is 0.316. The van der Waals surface area contributed by atoms with Gasteiger partial charge >= 0.3 is 11.7 Å². The second-order valence-corrected chi connectivity index (χ2v) is 6.40. The average molecular weight is 370 g/mol. The number of hydrogen-bond acceptors (Lipinski definition) is 5. The highest BCUT2D eigenvalue weighted by Gasteiger charge is 2.18. The number of nitrogens with zero attached hydrogens (tertiary/aromatic N) is 2. The van der Waals surface area contributed by atoms with Crippen LogP contribution in [-0.2, 0) is 11.8 Å². The van der Waals surface area contributed by atoms with E-state index in [1.54, 1.807) is 30.1 Å². The number of aromatic nitrogens is 2. The fourth-order valence-corrected chi connectivity index (χ4v) is 3.01. The summed E-state index contributed by atoms with van der Waals surface area (Å²) in [5.74, 6) is 0. The minimum atomic E-state index is -0.392. The minimum absolute atomic E-state index is 0.313. The topological polar surface area (TPSA) is 98.4 Å². The Hall–Kier alpha value is -3.13. The van der Waals surface area contributed by atoms with Gasteiger partial charge in [-0.3, -0.25) is 4.68 Å². The third-order valence-electron chi connectivity index (χ3n) is 4.40. The zero-order valence-electron chi connectivity index (χ0n) is 15.7. The van der Waals surface area contributed by atoms with E-state index in [1.165, 1.54) is 6.07 Å². The lowest BCUT2D eigenvalue weighted by molar-refractivity contribution is 0.165. The van der Waals surface area contributed by atoms with Crippen LogP contribution in [0.4, 0.5) is 10.5 Å². The molecule has 0 aliphatic carbocycles. The molecule has 0 saturated heterocycles. The maximum atomic E-state index is 12.6. The molecule has 3 rings (SSSR count). The Labute approximate surface area is 156 Å². The molecular weight excluding hydrogens is 348 g/mol. The Morgan fingerprint density at radius 1 is 1.30 bits per heavy atom. The normalized spacial score (nSPS) is 12.1. The number of nitrogens with one attached hydrogen (secondary N) is 2. The van der Waals surface area contributed by atoms with Crippen molar-refractivity contribution in [3.63, 3.8) is 0 Å². The molecule has 0 radical (unpaired) electrons. The molecule has 2 N–H and O–H groups in total. The second-order valence-electron chi connectivity index (χ2n) is 6.40. The molecule has 8 nitrogen and oxygen atoms in total. The molecule has 2 amide bonds. The highest BCUT2D eigenvalue weighted by molar-refractivity contribution is 5.94. The number of ether oxygens (including phenoxy) is 1. The number of urea groups is 1. The molecule has 27 heavy (non-hydrogen) atoms. The van der Waals surface area contributed by atoms with Crippen molar-refractivity contribution in [3.8, 4) is 0 Å². The standard InChI is InChI=1S/C19H22N4O4/c1-11-8-18(24)27-17-7-12(2)14(9-13(11)17)21-19(25)22-15(10-26-4)16-5-6-20-23(16)3/h5-9,15H,10H2,1-4H3,(H2,21,22,25)/t15-/m1/s1. The van der Waals surface area contributed by atoms with Gasteiger partial charge in [-0.15, -0.1) is 0 Å². The third kappa shape index (κ3) is 4.01. The van der Waals surface area contributed by atoms with Gasteiger partial charge in [-0.25, -0.2) is 9.59 Å². The van der Waals surface area contributed by atoms with Crippen LogP contribution in [0.15, 0.2) is 39.7 Å². The quantitative estimate of drug-likeness (QED) is 0.673. The summed E-state index contributed by atoms with van der Waals surface area (Å²) in [6.07, 6.45) is 1.67. The van der Waals surface area contributed by atoms with Crippen molar-refractivity contribution in [2.45, 2.75) is 19.9 Å². The van der Waals surface area contributed by atoms with Crippen LogP contribution < -0.4 is 16.3 Å². The van der Waals surface area contributed by atoms with Crippen molar-refractivity contribution in [1.82, 2.24) is 15.1 Å². The predicted octanol–water partition coefficient (Wildman–Crippen LogP) is 2.65. The van der Waals surface area contributed by atoms with E-state index in [0.29, 0.717) is 17.9 Å². The number of rotatable bonds is 5. The average Bonchev–Trinajstić information content (AvgIpc) is 3.01. The highest BCUT2D eigenvalue weighted by Crippen LogP contribution is 2.25. The van der Waals surface area contributed by atoms with E-state index in [-0.39, 0.29) is 12.1 Å². The second kappa shape index (κ2) is 7.63. The van der Waals surface area contributed by atoms with Crippen molar-refractivity contribution >= 4 is 22.7 Å². The summed E-state index contributed by atoms with van der Waals surface area (Å²) in [5.41, 5.74) is 3.15. The molecule has 2 heterocycles. The van der Waals surface area contributed by atoms with Gasteiger partial charge < -0.3 is 19.8 Å². The Morgan fingerprint density at radius 2 is 2.07 bits per heavy atom. The minimum Gasteiger partial charge on any atom is -0.423 e. The number of anilines is 1. The van der Waals surface area contributed by atoms with Crippen LogP contribution in [0.25, 0.3) is 11.0 Å². The van der Waals surface area contributed by atoms with Crippen LogP contribution in [0.5, 0.6) is 0 Å². The number of methoxy groups -OCH3 is 1. The van der Waals surface area contributed by atoms with Gasteiger partial charge in [-0.2, -0.15) is 5.10 Å². The van der Waals surface area contributed by atoms with Gasteiger partial charge in [0.25, 0.3) is 0 Å². The van der Waals surface area contributed by atoms with Gasteiger partial charge in [0.15, 0.2) is 0 Å². The van der Waals surface area contributed by atoms with Crippen LogP contribution in [0, 0.1) is 13.8 Å². The predicted molar refractivity (Wildman–Crippen MR) is 102 cm³/mol. The van der Waals surface area contributed by atoms with Gasteiger partial charge in [-0.1, -0.05) is 0 Å². The smallest absolute Gasteiger partial charge is 0.336 e. The number of benzene rings is 1. The van der Waals surface area contributed by atoms with Crippen molar-refractivity contribution in [2.75, 3.05) is 19.0 Å². The van der Waals surface area contributed by atoms with Crippen molar-refractivity contribution in [3.05, 3.63) is 57.7 Å². The lowest BCUT2D eigenvalue weighted by Crippen LogP contribution is -2.36. The number of fused-ring (bicyclic) bond motifs is 1. The molecule has 1 atom stereocenters. The van der Waals surface area contributed by atoms with Crippen LogP contribution >= 0.6 is 0 Å². The fourth-order valence-electron chi connectivity index (χ4n) is 3.01. The number of amides is 2. The molecule has 0 aliphatic rings. The zero-order chi connectivity index (χ0) is 19.6. The van der Waals surface area contributed by atoms with Gasteiger partial charge in [0.05, 0.1) is 18.3 Å². The summed E-state index contributed by atoms with van der Waals surface area (Å²) >= 11 is 0. The van der Waals surface area contributed by atoms with Gasteiger partial charge in [0, 0.05) is 37.5 Å². The van der Waals surface area contributed by atoms with Crippen molar-refractivity contribution < 1.29 is 13.9 Å². The summed E-state index contributed by atoms with van der Waals surface area (Å²) in [4.78, 5) is 24.1. The molecule has 3 aromatic rings. The molecule has 2 aromatic heterocycles. The first-order chi connectivity index (χ1) is 12.9. The van der Waals surface area contributed by atoms with E-state index in [2.05, 4.69) is 15.7 Å². The van der Waals surface area contributed by atoms with Crippen LogP contribution in [0.3, 0.4) is 0 Å². The maximum Gasteiger partial charge on any atom is 0.336 e. The lowest BCUT2D eigenvalue weighted by atomic mass is 10.1. The van der Waals surface area contributed by atoms with Gasteiger partial charge in [-0.05, 0) is 43.2 Å². The number of carbonyl (C=O) groups excluding carboxylic acids is 1. The Morgan fingerprint density at radius 3 is 2.74 bits per heavy atom. The Bertz CT molecular complexity index is 1040. The van der Waals surface area contributed by atoms with E-state index in [0.717, 1.165) is 22.2 Å². The molecule has 0 bridgehead atoms. The molecule has 0 saturated carbocycles. The van der Waals surface area contributed by atoms with E-state index in [9.17, 15) is 9.59 Å². The van der Waals surface area contributed by atoms with Crippen LogP contribution in [-0.4, -0.2) is 29.5 Å². The Kier molecular flexibility index (Phi) is 5.27. The highest BCUT2D eigenvalue weighted by atomic mass is 16.5. The molecular formula is C19H22N4O4. The summed E-state index contributed by atoms with van der Waals surface area (Å²) in [5, 5.41) is 10.7. The molecule has 0 spiro atoms. The first kappa shape index (κ1) is 18.7. The third-order valence-corrected chi connectivity index (χ3v) is 4.40. The first-order valence-electron chi connectivity index (χ1n) is 8.48. The van der Waals surface area contributed by atoms with Crippen LogP contribution in [0.1, 0.15) is 22.9 Å². The number of aryl methyl sites for hydroxylation is 3. The Balaban J connectivity index is 1.83. The van der Waals surface area contributed by atoms with Gasteiger partial charge in [0.2, 0.25) is 0 Å². The summed E-state index contributed by atoms with van der Waals surface area (Å²) in [7, 11) is 3.38. The summed E-state index contributed by atoms with van der Waals surface area (Å²) in [6.45, 7) is 3.98. The monoisotopic (exact) mass is 370 g/mol. The molecule has 142 valence electrons. The zero-order valence-corrected chi connectivity index (χ0v) is 15.7. The summed E-state index contributed by atoms with van der Waals surface area (Å²) < 4.78 is 12.1. The van der Waals surface area contributed by atoms with E-state index < -0.39 is 5.63 Å². The van der Waals surface area contributed by atoms with E-state index in [1.807, 2.05) is 27.0 Å². The first-order valence-corrected chi connectivity index (χ1v) is 8.48. The number of hydrogen-bond donors (Lipinski definition) is 2. The SMILES string of the molecule is COC[C@@H](NC(=O)Nc1cc2c(C)cc(=O)oc2cc1C)c1ccnn1C.